The minimum atomic E-state index is -0.385. The summed E-state index contributed by atoms with van der Waals surface area (Å²) >= 11 is 0. The summed E-state index contributed by atoms with van der Waals surface area (Å²) < 4.78 is 5.53. The fourth-order valence-corrected chi connectivity index (χ4v) is 3.65. The molecule has 28 heavy (non-hydrogen) atoms. The van der Waals surface area contributed by atoms with Crippen molar-refractivity contribution in [1.82, 2.24) is 10.2 Å². The summed E-state index contributed by atoms with van der Waals surface area (Å²) in [5, 5.41) is 2.86. The maximum Gasteiger partial charge on any atom is 0.415 e. The minimum absolute atomic E-state index is 0.0195. The number of carbonyl (C=O) groups is 2. The van der Waals surface area contributed by atoms with Gasteiger partial charge in [0.05, 0.1) is 0 Å². The molecule has 2 atom stereocenters. The number of benzene rings is 2. The first kappa shape index (κ1) is 19.9. The third-order valence-corrected chi connectivity index (χ3v) is 5.41. The smallest absolute Gasteiger partial charge is 0.410 e. The third kappa shape index (κ3) is 4.71. The Morgan fingerprint density at radius 1 is 1.04 bits per heavy atom. The van der Waals surface area contributed by atoms with E-state index in [2.05, 4.69) is 36.5 Å². The van der Waals surface area contributed by atoms with Crippen LogP contribution in [0.3, 0.4) is 0 Å². The largest absolute Gasteiger partial charge is 0.415 e. The fraction of sp³-hybridized carbons (Fsp3) is 0.391. The van der Waals surface area contributed by atoms with Crippen LogP contribution in [0.1, 0.15) is 31.7 Å². The molecule has 0 radical (unpaired) electrons. The molecule has 2 amide bonds. The van der Waals surface area contributed by atoms with Gasteiger partial charge in [0.2, 0.25) is 5.91 Å². The lowest BCUT2D eigenvalue weighted by Gasteiger charge is -2.23. The molecule has 5 nitrogen and oxygen atoms in total. The molecule has 5 heteroatoms. The predicted octanol–water partition coefficient (Wildman–Crippen LogP) is 4.40. The topological polar surface area (TPSA) is 58.6 Å². The van der Waals surface area contributed by atoms with Crippen molar-refractivity contribution in [3.8, 4) is 16.9 Å². The molecule has 0 aromatic heterocycles. The van der Waals surface area contributed by atoms with Gasteiger partial charge in [0.1, 0.15) is 5.75 Å². The molecule has 2 aromatic rings. The van der Waals surface area contributed by atoms with Crippen molar-refractivity contribution in [1.29, 1.82) is 0 Å². The number of amides is 2. The Labute approximate surface area is 166 Å². The van der Waals surface area contributed by atoms with Crippen molar-refractivity contribution in [3.05, 3.63) is 54.1 Å². The maximum atomic E-state index is 12.5. The van der Waals surface area contributed by atoms with E-state index in [0.717, 1.165) is 24.0 Å². The number of hydrogen-bond acceptors (Lipinski definition) is 3. The van der Waals surface area contributed by atoms with Crippen LogP contribution in [0.2, 0.25) is 0 Å². The van der Waals surface area contributed by atoms with Gasteiger partial charge in [0.15, 0.2) is 0 Å². The Balaban J connectivity index is 1.57. The van der Waals surface area contributed by atoms with Crippen molar-refractivity contribution in [2.24, 2.45) is 5.92 Å². The van der Waals surface area contributed by atoms with Gasteiger partial charge in [-0.15, -0.1) is 0 Å². The molecule has 1 aliphatic carbocycles. The van der Waals surface area contributed by atoms with Crippen LogP contribution in [0.15, 0.2) is 48.5 Å². The molecular weight excluding hydrogens is 352 g/mol. The molecule has 0 bridgehead atoms. The second kappa shape index (κ2) is 8.91. The van der Waals surface area contributed by atoms with Crippen molar-refractivity contribution in [2.75, 3.05) is 13.6 Å². The van der Waals surface area contributed by atoms with Crippen molar-refractivity contribution < 1.29 is 14.3 Å². The number of nitrogens with zero attached hydrogens (tertiary/aromatic N) is 1. The van der Waals surface area contributed by atoms with E-state index in [0.29, 0.717) is 18.7 Å². The van der Waals surface area contributed by atoms with Crippen molar-refractivity contribution >= 4 is 12.0 Å². The van der Waals surface area contributed by atoms with Gasteiger partial charge in [-0.1, -0.05) is 42.0 Å². The SMILES string of the molecule is CCNC(=O)[C@H]1CC[C@@H](N(C)C(=O)Oc2ccc(-c3ccc(C)cc3)cc2)C1. The minimum Gasteiger partial charge on any atom is -0.410 e. The van der Waals surface area contributed by atoms with Gasteiger partial charge >= 0.3 is 6.09 Å². The van der Waals surface area contributed by atoms with E-state index in [1.54, 1.807) is 11.9 Å². The lowest BCUT2D eigenvalue weighted by atomic mass is 10.0. The molecule has 1 saturated carbocycles. The van der Waals surface area contributed by atoms with Gasteiger partial charge in [-0.05, 0) is 56.4 Å². The zero-order chi connectivity index (χ0) is 20.1. The molecule has 0 unspecified atom stereocenters. The Bertz CT molecular complexity index is 815. The Morgan fingerprint density at radius 2 is 1.64 bits per heavy atom. The number of rotatable bonds is 5. The standard InChI is InChI=1S/C23H28N2O3/c1-4-24-22(26)19-9-12-20(15-19)25(3)23(27)28-21-13-10-18(11-14-21)17-7-5-16(2)6-8-17/h5-8,10-11,13-14,19-20H,4,9,12,15H2,1-3H3,(H,24,26)/t19-,20+/m0/s1. The summed E-state index contributed by atoms with van der Waals surface area (Å²) in [6.07, 6.45) is 1.92. The summed E-state index contributed by atoms with van der Waals surface area (Å²) in [6, 6.07) is 15.9. The molecule has 0 spiro atoms. The molecule has 1 aliphatic rings. The van der Waals surface area contributed by atoms with E-state index in [9.17, 15) is 9.59 Å². The molecule has 1 N–H and O–H groups in total. The Hall–Kier alpha value is -2.82. The van der Waals surface area contributed by atoms with Gasteiger partial charge in [-0.3, -0.25) is 4.79 Å². The van der Waals surface area contributed by atoms with Crippen molar-refractivity contribution in [2.45, 2.75) is 39.2 Å². The van der Waals surface area contributed by atoms with Crippen LogP contribution in [0.5, 0.6) is 5.75 Å². The number of aryl methyl sites for hydroxylation is 1. The van der Waals surface area contributed by atoms with Gasteiger partial charge < -0.3 is 15.0 Å². The molecular formula is C23H28N2O3. The highest BCUT2D eigenvalue weighted by Crippen LogP contribution is 2.30. The average molecular weight is 380 g/mol. The first-order valence-corrected chi connectivity index (χ1v) is 9.87. The predicted molar refractivity (Wildman–Crippen MR) is 110 cm³/mol. The first-order valence-electron chi connectivity index (χ1n) is 9.87. The lowest BCUT2D eigenvalue weighted by Crippen LogP contribution is -2.38. The van der Waals surface area contributed by atoms with Gasteiger partial charge in [0.25, 0.3) is 0 Å². The quantitative estimate of drug-likeness (QED) is 0.836. The van der Waals surface area contributed by atoms with Crippen LogP contribution in [-0.2, 0) is 4.79 Å². The van der Waals surface area contributed by atoms with E-state index >= 15 is 0 Å². The first-order chi connectivity index (χ1) is 13.5. The second-order valence-corrected chi connectivity index (χ2v) is 7.43. The highest BCUT2D eigenvalue weighted by Gasteiger charge is 2.34. The molecule has 3 rings (SSSR count). The number of carbonyl (C=O) groups excluding carboxylic acids is 2. The summed E-state index contributed by atoms with van der Waals surface area (Å²) in [4.78, 5) is 26.1. The number of hydrogen-bond donors (Lipinski definition) is 1. The highest BCUT2D eigenvalue weighted by atomic mass is 16.6. The van der Waals surface area contributed by atoms with Crippen LogP contribution in [0, 0.1) is 12.8 Å². The van der Waals surface area contributed by atoms with Gasteiger partial charge in [-0.2, -0.15) is 0 Å². The van der Waals surface area contributed by atoms with E-state index in [1.165, 1.54) is 5.56 Å². The lowest BCUT2D eigenvalue weighted by molar-refractivity contribution is -0.124. The Morgan fingerprint density at radius 3 is 2.25 bits per heavy atom. The molecule has 0 saturated heterocycles. The zero-order valence-electron chi connectivity index (χ0n) is 16.8. The van der Waals surface area contributed by atoms with Gasteiger partial charge in [-0.25, -0.2) is 4.79 Å². The molecule has 148 valence electrons. The zero-order valence-corrected chi connectivity index (χ0v) is 16.8. The molecule has 2 aromatic carbocycles. The summed E-state index contributed by atoms with van der Waals surface area (Å²) in [7, 11) is 1.74. The summed E-state index contributed by atoms with van der Waals surface area (Å²) in [5.41, 5.74) is 3.43. The van der Waals surface area contributed by atoms with Crippen LogP contribution in [0.4, 0.5) is 4.79 Å². The molecule has 1 fully saturated rings. The average Bonchev–Trinajstić information content (AvgIpc) is 3.19. The van der Waals surface area contributed by atoms with E-state index < -0.39 is 0 Å². The summed E-state index contributed by atoms with van der Waals surface area (Å²) in [6.45, 7) is 4.61. The number of nitrogens with one attached hydrogen (secondary N) is 1. The molecule has 0 aliphatic heterocycles. The van der Waals surface area contributed by atoms with Crippen LogP contribution in [-0.4, -0.2) is 36.5 Å². The Kier molecular flexibility index (Phi) is 6.34. The van der Waals surface area contributed by atoms with Crippen LogP contribution in [0.25, 0.3) is 11.1 Å². The second-order valence-electron chi connectivity index (χ2n) is 7.43. The monoisotopic (exact) mass is 380 g/mol. The van der Waals surface area contributed by atoms with E-state index in [-0.39, 0.29) is 24.0 Å². The van der Waals surface area contributed by atoms with Crippen LogP contribution >= 0.6 is 0 Å². The van der Waals surface area contributed by atoms with Gasteiger partial charge in [0, 0.05) is 25.6 Å². The fourth-order valence-electron chi connectivity index (χ4n) is 3.65. The highest BCUT2D eigenvalue weighted by molar-refractivity contribution is 5.79. The van der Waals surface area contributed by atoms with E-state index in [4.69, 9.17) is 4.74 Å². The molecule has 0 heterocycles. The number of ether oxygens (including phenoxy) is 1. The normalized spacial score (nSPS) is 18.5. The maximum absolute atomic E-state index is 12.5. The van der Waals surface area contributed by atoms with Crippen LogP contribution < -0.4 is 10.1 Å². The summed E-state index contributed by atoms with van der Waals surface area (Å²) in [5.74, 6) is 0.582. The van der Waals surface area contributed by atoms with E-state index in [1.807, 2.05) is 31.2 Å². The third-order valence-electron chi connectivity index (χ3n) is 5.41. The van der Waals surface area contributed by atoms with Crippen molar-refractivity contribution in [3.63, 3.8) is 0 Å².